The largest absolute Gasteiger partial charge is 1.00 e. The van der Waals surface area contributed by atoms with Gasteiger partial charge in [0.1, 0.15) is 5.60 Å². The van der Waals surface area contributed by atoms with Gasteiger partial charge in [-0.2, -0.15) is 4.57 Å². The summed E-state index contributed by atoms with van der Waals surface area (Å²) >= 11 is 0. The number of Topliss-reactive ketones (excluding diaryl/α,β-unsaturated/α-hetero) is 1. The first-order valence-electron chi connectivity index (χ1n) is 42.8. The Kier molecular flexibility index (Phi) is 69.4. The summed E-state index contributed by atoms with van der Waals surface area (Å²) in [5.74, 6) is -4.34. The number of ketones is 2. The molecule has 0 bridgehead atoms. The van der Waals surface area contributed by atoms with Crippen LogP contribution in [0.15, 0.2) is 176 Å². The summed E-state index contributed by atoms with van der Waals surface area (Å²) < 4.78 is 75.5. The molecule has 3 fully saturated rings. The van der Waals surface area contributed by atoms with Crippen LogP contribution in [-0.2, 0) is 125 Å². The number of nitro groups is 6. The van der Waals surface area contributed by atoms with Crippen molar-refractivity contribution in [2.75, 3.05) is 115 Å². The molecule has 150 heavy (non-hydrogen) atoms. The van der Waals surface area contributed by atoms with Crippen LogP contribution >= 0.6 is 8.38 Å². The van der Waals surface area contributed by atoms with E-state index >= 15 is 0 Å². The minimum absolute atomic E-state index is 0. The van der Waals surface area contributed by atoms with E-state index in [9.17, 15) is 118 Å². The molecule has 2 amide bonds. The van der Waals surface area contributed by atoms with Crippen molar-refractivity contribution in [2.24, 2.45) is 11.0 Å². The predicted octanol–water partition coefficient (Wildman–Crippen LogP) is 8.89. The zero-order chi connectivity index (χ0) is 110. The number of carbonyl (C=O) groups excluding carboxylic acids is 12. The van der Waals surface area contributed by atoms with Crippen LogP contribution < -0.4 is 28.7 Å². The number of nitrogens with zero attached hydrogens (tertiary/aromatic N) is 10. The third-order valence-electron chi connectivity index (χ3n) is 18.5. The number of carbonyl (C=O) groups is 12. The summed E-state index contributed by atoms with van der Waals surface area (Å²) in [5.41, 5.74) is 8.64. The number of benzene rings is 6. The summed E-state index contributed by atoms with van der Waals surface area (Å²) in [5, 5.41) is 86.0. The standard InChI is InChI=1S/C17H19NO5.C13H24NO5P.C12H13NO6.C11H11NO6.C10H8N4O5.C10H9NO5.C9H7NO5.C9H12NO2.C2H6O2.CH3.Li.2H2O/c1-4-5-12(2)16(19)9-8-14-7-6-13(11-17(20)23-3)10-15(14)18(21)22;1-7-8-10(11(15)9-20(17-5)18-6)14-12(16)19-13(2,3)4;1-17-11(14)7-8-2-3-9(10(6-8)13(15)16)12-18-4-5-19-12;1-16-10(13)7-2-3-8(9(6-7)12(14)15)11-17-4-5-18-11;11-13-12-9(15)6-1-2-7(8(5-6)14(16)17)10-18-3-4-19-10;1-16-10(13)5-7-2-3-8(6-12)9(4-7)11(14)15;1-15-9(12)6-2-3-7(5-11)8(4-6)10(13)14;1-2-12-9(11)8-10-6-4-3-5-7-10;3-1-2-4;;;;/h4,6-10,12H,1,5,11H2,2-3H3;7,10H,1,8-9H2,2-6H3,(H,14,16);2-3,6,12H,4-5,7H2,1H3;2-3,6,11H,4-5H2,1H3;1-2,5,10H,3-4H2;2-4,6H,5H2,1H3;2-5H,1H3;3-7H,2,8H2,1H3;3-4H,1-2H2;1H3;;2*1H2/q;;;;;;;+1;;-1;+1;;/p-1/b9-8+;;;;;;;;;;;;/t12-;10-;;;;;;;;;;;/m00.........../s1. The average Bonchev–Trinajstić information content (AvgIpc) is 1.76. The summed E-state index contributed by atoms with van der Waals surface area (Å²) in [7, 11) is 7.83. The number of hydrogen-bond donors (Lipinski definition) is 3. The molecule has 7 aromatic rings. The van der Waals surface area contributed by atoms with E-state index in [4.69, 9.17) is 62.7 Å². The molecule has 54 nitrogen and oxygen atoms in total. The van der Waals surface area contributed by atoms with Gasteiger partial charge in [0.05, 0.1) is 201 Å². The molecule has 0 spiro atoms. The Morgan fingerprint density at radius 2 is 0.873 bits per heavy atom. The Labute approximate surface area is 870 Å². The number of ether oxygens (including phenoxy) is 13. The normalized spacial score (nSPS) is 12.2. The van der Waals surface area contributed by atoms with Gasteiger partial charge in [-0.25, -0.2) is 19.2 Å². The second-order valence-electron chi connectivity index (χ2n) is 29.7. The summed E-state index contributed by atoms with van der Waals surface area (Å²) in [4.78, 5) is 199. The number of alkyl carbamates (subject to hydrolysis) is 1. The van der Waals surface area contributed by atoms with Crippen LogP contribution in [0.2, 0.25) is 0 Å². The second kappa shape index (κ2) is 75.1. The Morgan fingerprint density at radius 1 is 0.527 bits per heavy atom. The Bertz CT molecular complexity index is 5740. The molecule has 56 heteroatoms. The maximum Gasteiger partial charge on any atom is 1.00 e. The number of nitrogens with one attached hydrogen (secondary N) is 1. The number of pyridine rings is 1. The number of allylic oxidation sites excluding steroid dienone is 2. The van der Waals surface area contributed by atoms with Crippen molar-refractivity contribution < 1.29 is 202 Å². The van der Waals surface area contributed by atoms with Gasteiger partial charge in [-0.3, -0.25) is 99.0 Å². The van der Waals surface area contributed by atoms with Crippen LogP contribution in [0.1, 0.15) is 157 Å². The molecule has 3 aliphatic heterocycles. The van der Waals surface area contributed by atoms with E-state index in [-0.39, 0.29) is 168 Å². The number of aldehydes is 2. The summed E-state index contributed by atoms with van der Waals surface area (Å²) in [6.07, 6.45) is 8.35. The molecule has 6 N–H and O–H groups in total. The first-order chi connectivity index (χ1) is 69.4. The molecule has 10 rings (SSSR count). The second-order valence-corrected chi connectivity index (χ2v) is 31.5. The summed E-state index contributed by atoms with van der Waals surface area (Å²) in [6, 6.07) is 29.2. The third-order valence-corrected chi connectivity index (χ3v) is 19.9. The fourth-order valence-corrected chi connectivity index (χ4v) is 12.5. The third kappa shape index (κ3) is 50.7. The smallest absolute Gasteiger partial charge is 0.870 e. The van der Waals surface area contributed by atoms with Gasteiger partial charge in [-0.05, 0) is 129 Å². The molecule has 0 unspecified atom stereocenters. The van der Waals surface area contributed by atoms with E-state index in [2.05, 4.69) is 52.2 Å². The molecule has 0 aliphatic carbocycles. The first-order valence-corrected chi connectivity index (χ1v) is 44.1. The molecule has 6 aromatic carbocycles. The van der Waals surface area contributed by atoms with E-state index in [1.165, 1.54) is 135 Å². The minimum Gasteiger partial charge on any atom is -0.870 e. The van der Waals surface area contributed by atoms with Gasteiger partial charge < -0.3 is 105 Å². The quantitative estimate of drug-likeness (QED) is 0.00259. The number of hydrogen-bond acceptors (Lipinski definition) is 42. The number of methoxy groups -OCH3 is 5. The van der Waals surface area contributed by atoms with Gasteiger partial charge in [0.2, 0.25) is 12.5 Å². The maximum absolute atomic E-state index is 12.1. The van der Waals surface area contributed by atoms with Crippen LogP contribution in [0.25, 0.3) is 16.5 Å². The van der Waals surface area contributed by atoms with Gasteiger partial charge in [0.15, 0.2) is 63.8 Å². The van der Waals surface area contributed by atoms with Crippen molar-refractivity contribution in [3.8, 4) is 0 Å². The Morgan fingerprint density at radius 3 is 1.23 bits per heavy atom. The molecule has 3 saturated heterocycles. The van der Waals surface area contributed by atoms with Gasteiger partial charge in [0.25, 0.3) is 34.1 Å². The van der Waals surface area contributed by atoms with E-state index < -0.39 is 116 Å². The molecule has 4 heterocycles. The van der Waals surface area contributed by atoms with Crippen LogP contribution in [0.5, 0.6) is 0 Å². The molecule has 2 atom stereocenters. The van der Waals surface area contributed by atoms with E-state index in [1.807, 2.05) is 30.6 Å². The molecule has 1 aromatic heterocycles. The SMILES string of the molecule is C=CC[C@H](C)C(=O)/C=C/c1ccc(CC(=O)OC)cc1[N+](=O)[O-].C=CC[C@H](NC(=O)OC(C)(C)C)C(=O)CP(OC)OC.CCOC(=O)C[n+]1ccccc1.COC(=O)Cc1ccc(C2OCCO2)c([N+](=O)[O-])c1.COC(=O)Cc1ccc(C=O)c([N+](=O)[O-])c1.COC(=O)c1ccc(C2OCCO2)c([N+](=O)[O-])c1.COC(=O)c1ccc(C=O)c([N+](=O)[O-])c1.O.OCCO.[CH3-].[Li+].[N-]=[N+]=NC(=O)c1ccc(C2OCCO2)c([N+](=O)[O-])c1.[OH-]. The number of nitro benzene ring substituents is 6. The summed E-state index contributed by atoms with van der Waals surface area (Å²) in [6.45, 7) is 18.8. The van der Waals surface area contributed by atoms with Crippen molar-refractivity contribution in [1.82, 2.24) is 5.32 Å². The monoisotopic (exact) mass is 2120 g/mol. The molecule has 0 saturated carbocycles. The predicted molar refractivity (Wildman–Crippen MR) is 523 cm³/mol. The van der Waals surface area contributed by atoms with Gasteiger partial charge in [-0.15, -0.1) is 13.2 Å². The molecule has 3 aliphatic rings. The van der Waals surface area contributed by atoms with Crippen LogP contribution in [0.3, 0.4) is 0 Å². The van der Waals surface area contributed by atoms with Crippen molar-refractivity contribution in [3.63, 3.8) is 0 Å². The average molecular weight is 2120 g/mol. The molecule has 810 valence electrons. The molecular formula is C94H115LiN11O43P. The van der Waals surface area contributed by atoms with Gasteiger partial charge >= 0.3 is 60.8 Å². The Hall–Kier alpha value is -15.6. The van der Waals surface area contributed by atoms with Crippen molar-refractivity contribution in [3.05, 3.63) is 316 Å². The zero-order valence-corrected chi connectivity index (χ0v) is 84.9. The van der Waals surface area contributed by atoms with E-state index in [0.717, 1.165) is 18.2 Å². The molecule has 0 radical (unpaired) electrons. The van der Waals surface area contributed by atoms with Crippen LogP contribution in [0.4, 0.5) is 38.9 Å². The maximum atomic E-state index is 12.1. The fraction of sp³-hybridized carbons (Fsp3) is 0.362. The van der Waals surface area contributed by atoms with Gasteiger partial charge in [0, 0.05) is 79.1 Å². The number of amides is 2. The Balaban J connectivity index is -0.00000164. The molecular weight excluding hydrogens is 2010 g/mol. The van der Waals surface area contributed by atoms with Gasteiger partial charge in [-0.1, -0.05) is 49.4 Å². The van der Waals surface area contributed by atoms with Crippen molar-refractivity contribution in [2.45, 2.75) is 104 Å². The topological polar surface area (TPSA) is 769 Å². The minimum atomic E-state index is -1.27. The number of esters is 6. The number of azide groups is 1. The fourth-order valence-electron chi connectivity index (χ4n) is 11.6. The van der Waals surface area contributed by atoms with E-state index in [1.54, 1.807) is 69.5 Å². The number of aliphatic hydroxyl groups is 2. The van der Waals surface area contributed by atoms with Crippen LogP contribution in [-0.4, -0.2) is 250 Å². The van der Waals surface area contributed by atoms with Crippen LogP contribution in [0, 0.1) is 74.0 Å². The number of rotatable bonds is 37. The first kappa shape index (κ1) is 139. The zero-order valence-electron chi connectivity index (χ0n) is 84.0. The van der Waals surface area contributed by atoms with E-state index in [0.29, 0.717) is 105 Å². The van der Waals surface area contributed by atoms with Crippen molar-refractivity contribution >= 4 is 121 Å². The van der Waals surface area contributed by atoms with Crippen molar-refractivity contribution in [1.29, 1.82) is 0 Å². The number of aliphatic hydroxyl groups excluding tert-OH is 2. The number of aromatic nitrogens is 1.